The lowest BCUT2D eigenvalue weighted by molar-refractivity contribution is -0.121. The number of aromatic nitrogens is 3. The van der Waals surface area contributed by atoms with Crippen LogP contribution in [0.4, 0.5) is 0 Å². The molecule has 25 heavy (non-hydrogen) atoms. The summed E-state index contributed by atoms with van der Waals surface area (Å²) in [6.45, 7) is 10.2. The fraction of sp³-hybridized carbons (Fsp3) is 0.529. The maximum atomic E-state index is 12.5. The van der Waals surface area contributed by atoms with Gasteiger partial charge in [0.15, 0.2) is 11.0 Å². The lowest BCUT2D eigenvalue weighted by Gasteiger charge is -2.28. The molecule has 2 unspecified atom stereocenters. The van der Waals surface area contributed by atoms with Gasteiger partial charge in [0.2, 0.25) is 5.91 Å². The van der Waals surface area contributed by atoms with Crippen molar-refractivity contribution in [3.8, 4) is 16.8 Å². The van der Waals surface area contributed by atoms with Crippen LogP contribution in [0.15, 0.2) is 22.7 Å². The molecular formula is C17H23N5OS2. The van der Waals surface area contributed by atoms with E-state index >= 15 is 0 Å². The number of thiophene rings is 1. The molecule has 0 aromatic carbocycles. The molecule has 2 aromatic rings. The lowest BCUT2D eigenvalue weighted by atomic mass is 9.90. The minimum Gasteiger partial charge on any atom is -0.337 e. The van der Waals surface area contributed by atoms with Crippen molar-refractivity contribution in [1.29, 1.82) is 5.26 Å². The third-order valence-electron chi connectivity index (χ3n) is 4.20. The van der Waals surface area contributed by atoms with Crippen molar-refractivity contribution >= 4 is 29.0 Å². The highest BCUT2D eigenvalue weighted by molar-refractivity contribution is 8.00. The Bertz CT molecular complexity index is 763. The predicted molar refractivity (Wildman–Crippen MR) is 101 cm³/mol. The first kappa shape index (κ1) is 19.5. The van der Waals surface area contributed by atoms with Gasteiger partial charge in [0, 0.05) is 6.54 Å². The number of nitriles is 1. The van der Waals surface area contributed by atoms with E-state index in [1.807, 2.05) is 49.8 Å². The third kappa shape index (κ3) is 4.22. The Morgan fingerprint density at radius 1 is 1.48 bits per heavy atom. The Morgan fingerprint density at radius 2 is 2.20 bits per heavy atom. The number of hydrogen-bond acceptors (Lipinski definition) is 6. The standard InChI is InChI=1S/C17H23N5OS2/c1-6-22-14(13-8-7-9-24-13)20-21-16(22)25-12(4)15(23)19-17(5,10-18)11(2)3/h7-9,11-12H,6H2,1-5H3,(H,19,23). The van der Waals surface area contributed by atoms with Gasteiger partial charge in [0.1, 0.15) is 5.54 Å². The first-order chi connectivity index (χ1) is 11.8. The van der Waals surface area contributed by atoms with E-state index in [1.54, 1.807) is 18.3 Å². The Balaban J connectivity index is 2.14. The van der Waals surface area contributed by atoms with Crippen LogP contribution in [-0.2, 0) is 11.3 Å². The van der Waals surface area contributed by atoms with Gasteiger partial charge in [0.25, 0.3) is 0 Å². The molecule has 1 N–H and O–H groups in total. The Morgan fingerprint density at radius 3 is 2.72 bits per heavy atom. The second-order valence-corrected chi connectivity index (χ2v) is 8.50. The summed E-state index contributed by atoms with van der Waals surface area (Å²) < 4.78 is 2.01. The third-order valence-corrected chi connectivity index (χ3v) is 6.14. The maximum absolute atomic E-state index is 12.5. The molecule has 2 aromatic heterocycles. The van der Waals surface area contributed by atoms with E-state index in [1.165, 1.54) is 11.8 Å². The molecule has 0 spiro atoms. The molecule has 0 aliphatic carbocycles. The summed E-state index contributed by atoms with van der Waals surface area (Å²) in [7, 11) is 0. The van der Waals surface area contributed by atoms with Crippen molar-refractivity contribution < 1.29 is 4.79 Å². The molecule has 1 amide bonds. The molecule has 0 aliphatic heterocycles. The Labute approximate surface area is 156 Å². The minimum absolute atomic E-state index is 0.0170. The Hall–Kier alpha value is -1.85. The van der Waals surface area contributed by atoms with Gasteiger partial charge < -0.3 is 9.88 Å². The SMILES string of the molecule is CCn1c(SC(C)C(=O)NC(C)(C#N)C(C)C)nnc1-c1cccs1. The zero-order valence-corrected chi connectivity index (χ0v) is 16.7. The summed E-state index contributed by atoms with van der Waals surface area (Å²) in [6.07, 6.45) is 0. The molecule has 8 heteroatoms. The minimum atomic E-state index is -0.882. The van der Waals surface area contributed by atoms with Crippen LogP contribution >= 0.6 is 23.1 Å². The number of rotatable bonds is 7. The van der Waals surface area contributed by atoms with Gasteiger partial charge >= 0.3 is 0 Å². The van der Waals surface area contributed by atoms with Gasteiger partial charge in [0.05, 0.1) is 16.2 Å². The zero-order chi connectivity index (χ0) is 18.6. The number of amides is 1. The highest BCUT2D eigenvalue weighted by Crippen LogP contribution is 2.29. The summed E-state index contributed by atoms with van der Waals surface area (Å²) in [6, 6.07) is 6.18. The van der Waals surface area contributed by atoms with Gasteiger partial charge in [-0.1, -0.05) is 31.7 Å². The monoisotopic (exact) mass is 377 g/mol. The van der Waals surface area contributed by atoms with Crippen molar-refractivity contribution in [2.24, 2.45) is 5.92 Å². The molecule has 2 rings (SSSR count). The number of thioether (sulfide) groups is 1. The molecule has 0 saturated heterocycles. The van der Waals surface area contributed by atoms with Crippen molar-refractivity contribution in [2.45, 2.75) is 57.1 Å². The fourth-order valence-corrected chi connectivity index (χ4v) is 3.75. The molecule has 0 bridgehead atoms. The second kappa shape index (κ2) is 8.02. The molecule has 2 heterocycles. The molecule has 0 aliphatic rings. The second-order valence-electron chi connectivity index (χ2n) is 6.25. The van der Waals surface area contributed by atoms with Crippen LogP contribution in [0.3, 0.4) is 0 Å². The van der Waals surface area contributed by atoms with Crippen LogP contribution in [-0.4, -0.2) is 31.5 Å². The van der Waals surface area contributed by atoms with E-state index in [9.17, 15) is 10.1 Å². The summed E-state index contributed by atoms with van der Waals surface area (Å²) in [4.78, 5) is 13.6. The Kier molecular flexibility index (Phi) is 6.25. The van der Waals surface area contributed by atoms with E-state index in [4.69, 9.17) is 0 Å². The van der Waals surface area contributed by atoms with Crippen molar-refractivity contribution in [1.82, 2.24) is 20.1 Å². The first-order valence-electron chi connectivity index (χ1n) is 8.19. The van der Waals surface area contributed by atoms with E-state index in [0.717, 1.165) is 17.2 Å². The molecule has 2 atom stereocenters. The number of carbonyl (C=O) groups excluding carboxylic acids is 1. The predicted octanol–water partition coefficient (Wildman–Crippen LogP) is 3.56. The van der Waals surface area contributed by atoms with Crippen LogP contribution in [0.25, 0.3) is 10.7 Å². The molecule has 0 fully saturated rings. The number of carbonyl (C=O) groups is 1. The average Bonchev–Trinajstić information content (AvgIpc) is 3.23. The van der Waals surface area contributed by atoms with Gasteiger partial charge in [-0.15, -0.1) is 21.5 Å². The van der Waals surface area contributed by atoms with Gasteiger partial charge in [-0.3, -0.25) is 4.79 Å². The number of nitrogens with one attached hydrogen (secondary N) is 1. The quantitative estimate of drug-likeness (QED) is 0.746. The summed E-state index contributed by atoms with van der Waals surface area (Å²) in [5.74, 6) is 0.658. The lowest BCUT2D eigenvalue weighted by Crippen LogP contribution is -2.51. The number of hydrogen-bond donors (Lipinski definition) is 1. The normalized spacial score (nSPS) is 14.8. The van der Waals surface area contributed by atoms with Crippen LogP contribution in [0.2, 0.25) is 0 Å². The van der Waals surface area contributed by atoms with Crippen LogP contribution in [0.1, 0.15) is 34.6 Å². The molecule has 134 valence electrons. The molecule has 6 nitrogen and oxygen atoms in total. The van der Waals surface area contributed by atoms with Crippen molar-refractivity contribution in [3.63, 3.8) is 0 Å². The highest BCUT2D eigenvalue weighted by atomic mass is 32.2. The molecule has 0 saturated carbocycles. The summed E-state index contributed by atoms with van der Waals surface area (Å²) >= 11 is 2.97. The number of nitrogens with zero attached hydrogens (tertiary/aromatic N) is 4. The van der Waals surface area contributed by atoms with E-state index in [-0.39, 0.29) is 17.1 Å². The molecule has 0 radical (unpaired) electrons. The van der Waals surface area contributed by atoms with Gasteiger partial charge in [-0.2, -0.15) is 5.26 Å². The zero-order valence-electron chi connectivity index (χ0n) is 15.1. The first-order valence-corrected chi connectivity index (χ1v) is 9.95. The molecular weight excluding hydrogens is 354 g/mol. The van der Waals surface area contributed by atoms with Crippen LogP contribution in [0, 0.1) is 17.2 Å². The average molecular weight is 378 g/mol. The van der Waals surface area contributed by atoms with Crippen LogP contribution in [0.5, 0.6) is 0 Å². The highest BCUT2D eigenvalue weighted by Gasteiger charge is 2.32. The van der Waals surface area contributed by atoms with Crippen LogP contribution < -0.4 is 5.32 Å². The van der Waals surface area contributed by atoms with E-state index in [2.05, 4.69) is 21.6 Å². The topological polar surface area (TPSA) is 83.6 Å². The largest absolute Gasteiger partial charge is 0.337 e. The summed E-state index contributed by atoms with van der Waals surface area (Å²) in [5, 5.41) is 23.1. The van der Waals surface area contributed by atoms with Gasteiger partial charge in [-0.25, -0.2) is 0 Å². The fourth-order valence-electron chi connectivity index (χ4n) is 2.12. The van der Waals surface area contributed by atoms with E-state index < -0.39 is 5.54 Å². The van der Waals surface area contributed by atoms with E-state index in [0.29, 0.717) is 5.16 Å². The maximum Gasteiger partial charge on any atom is 0.234 e. The van der Waals surface area contributed by atoms with Crippen molar-refractivity contribution in [3.05, 3.63) is 17.5 Å². The summed E-state index contributed by atoms with van der Waals surface area (Å²) in [5.41, 5.74) is -0.882. The smallest absolute Gasteiger partial charge is 0.234 e. The van der Waals surface area contributed by atoms with Crippen molar-refractivity contribution in [2.75, 3.05) is 0 Å². The van der Waals surface area contributed by atoms with Gasteiger partial charge in [-0.05, 0) is 38.1 Å².